The van der Waals surface area contributed by atoms with Crippen LogP contribution in [0.4, 0.5) is 0 Å². The maximum atomic E-state index is 12.5. The van der Waals surface area contributed by atoms with Crippen molar-refractivity contribution < 1.29 is 9.21 Å². The highest BCUT2D eigenvalue weighted by molar-refractivity contribution is 7.99. The van der Waals surface area contributed by atoms with Crippen molar-refractivity contribution in [3.8, 4) is 10.7 Å². The van der Waals surface area contributed by atoms with Gasteiger partial charge in [-0.2, -0.15) is 0 Å². The van der Waals surface area contributed by atoms with Crippen LogP contribution in [-0.4, -0.2) is 38.4 Å². The molecule has 0 radical (unpaired) electrons. The summed E-state index contributed by atoms with van der Waals surface area (Å²) in [6.45, 7) is 7.49. The Morgan fingerprint density at radius 3 is 2.90 bits per heavy atom. The summed E-state index contributed by atoms with van der Waals surface area (Å²) in [4.78, 5) is 16.8. The molecular formula is C23H30N4O2S2. The van der Waals surface area contributed by atoms with Gasteiger partial charge >= 0.3 is 0 Å². The largest absolute Gasteiger partial charge is 0.467 e. The predicted molar refractivity (Wildman–Crippen MR) is 125 cm³/mol. The third-order valence-corrected chi connectivity index (χ3v) is 8.32. The molecule has 1 unspecified atom stereocenters. The number of aromatic nitrogens is 3. The van der Waals surface area contributed by atoms with E-state index in [1.54, 1.807) is 18.2 Å². The quantitative estimate of drug-likeness (QED) is 0.484. The molecule has 3 aromatic rings. The molecule has 31 heavy (non-hydrogen) atoms. The topological polar surface area (TPSA) is 64.2 Å². The van der Waals surface area contributed by atoms with E-state index in [-0.39, 0.29) is 5.91 Å². The highest BCUT2D eigenvalue weighted by Crippen LogP contribution is 2.42. The molecule has 1 atom stereocenters. The van der Waals surface area contributed by atoms with Gasteiger partial charge in [0.25, 0.3) is 0 Å². The van der Waals surface area contributed by atoms with Crippen LogP contribution in [0.1, 0.15) is 43.4 Å². The lowest BCUT2D eigenvalue weighted by molar-refractivity contribution is -0.127. The highest BCUT2D eigenvalue weighted by atomic mass is 32.2. The minimum Gasteiger partial charge on any atom is -0.467 e. The molecule has 0 saturated heterocycles. The smallest absolute Gasteiger partial charge is 0.233 e. The fourth-order valence-corrected chi connectivity index (χ4v) is 6.07. The summed E-state index contributed by atoms with van der Waals surface area (Å²) in [6, 6.07) is 6.00. The Balaban J connectivity index is 1.41. The lowest BCUT2D eigenvalue weighted by Gasteiger charge is -2.33. The number of amides is 1. The van der Waals surface area contributed by atoms with Crippen LogP contribution in [0.25, 0.3) is 10.7 Å². The van der Waals surface area contributed by atoms with Crippen molar-refractivity contribution in [2.45, 2.75) is 51.7 Å². The monoisotopic (exact) mass is 458 g/mol. The molecule has 0 bridgehead atoms. The Hall–Kier alpha value is -2.06. The van der Waals surface area contributed by atoms with E-state index in [1.807, 2.05) is 35.1 Å². The van der Waals surface area contributed by atoms with Crippen LogP contribution in [0.15, 0.2) is 34.0 Å². The van der Waals surface area contributed by atoms with Gasteiger partial charge < -0.3 is 13.9 Å². The van der Waals surface area contributed by atoms with Gasteiger partial charge in [0.1, 0.15) is 5.76 Å². The Kier molecular flexibility index (Phi) is 6.30. The molecule has 3 aromatic heterocycles. The van der Waals surface area contributed by atoms with Crippen molar-refractivity contribution in [2.24, 2.45) is 18.4 Å². The average molecular weight is 459 g/mol. The first kappa shape index (κ1) is 22.1. The lowest BCUT2D eigenvalue weighted by atomic mass is 9.72. The number of furan rings is 1. The van der Waals surface area contributed by atoms with Crippen molar-refractivity contribution in [2.75, 3.05) is 12.8 Å². The van der Waals surface area contributed by atoms with Gasteiger partial charge in [0.05, 0.1) is 23.4 Å². The average Bonchev–Trinajstić information content (AvgIpc) is 3.44. The molecule has 0 N–H and O–H groups in total. The van der Waals surface area contributed by atoms with E-state index in [0.29, 0.717) is 17.7 Å². The summed E-state index contributed by atoms with van der Waals surface area (Å²) < 4.78 is 7.33. The molecule has 4 rings (SSSR count). The summed E-state index contributed by atoms with van der Waals surface area (Å²) in [7, 11) is 3.76. The van der Waals surface area contributed by atoms with Gasteiger partial charge in [-0.15, -0.1) is 21.5 Å². The van der Waals surface area contributed by atoms with Gasteiger partial charge in [-0.25, -0.2) is 0 Å². The first-order chi connectivity index (χ1) is 14.7. The SMILES string of the molecule is CN(Cc1ccco1)C(=O)CSc1nnc(-c2cc3c(s2)CCC(C(C)(C)C)C3)n1C. The first-order valence-corrected chi connectivity index (χ1v) is 12.4. The fraction of sp³-hybridized carbons (Fsp3) is 0.522. The maximum Gasteiger partial charge on any atom is 0.233 e. The zero-order valence-corrected chi connectivity index (χ0v) is 20.5. The number of carbonyl (C=O) groups is 1. The van der Waals surface area contributed by atoms with Gasteiger partial charge in [0, 0.05) is 19.0 Å². The Bertz CT molecular complexity index is 1050. The molecule has 0 aliphatic heterocycles. The Morgan fingerprint density at radius 1 is 1.39 bits per heavy atom. The fourth-order valence-electron chi connectivity index (χ4n) is 3.99. The number of aryl methyl sites for hydroxylation is 1. The van der Waals surface area contributed by atoms with Gasteiger partial charge in [-0.05, 0) is 54.4 Å². The van der Waals surface area contributed by atoms with Gasteiger partial charge in [0.2, 0.25) is 5.91 Å². The highest BCUT2D eigenvalue weighted by Gasteiger charge is 2.30. The second kappa shape index (κ2) is 8.82. The summed E-state index contributed by atoms with van der Waals surface area (Å²) in [5.74, 6) is 2.72. The molecule has 8 heteroatoms. The zero-order valence-electron chi connectivity index (χ0n) is 18.8. The number of nitrogens with zero attached hydrogens (tertiary/aromatic N) is 4. The number of hydrogen-bond acceptors (Lipinski definition) is 6. The molecule has 0 aromatic carbocycles. The third-order valence-electron chi connectivity index (χ3n) is 6.09. The van der Waals surface area contributed by atoms with Crippen molar-refractivity contribution in [1.82, 2.24) is 19.7 Å². The van der Waals surface area contributed by atoms with Gasteiger partial charge in [0.15, 0.2) is 11.0 Å². The van der Waals surface area contributed by atoms with Crippen molar-refractivity contribution in [3.63, 3.8) is 0 Å². The number of fused-ring (bicyclic) bond motifs is 1. The molecule has 1 aliphatic carbocycles. The predicted octanol–water partition coefficient (Wildman–Crippen LogP) is 5.04. The standard InChI is InChI=1S/C23H30N4O2S2/c1-23(2,3)16-8-9-18-15(11-16)12-19(31-18)21-24-25-22(27(21)5)30-14-20(28)26(4)13-17-7-6-10-29-17/h6-7,10,12,16H,8-9,11,13-14H2,1-5H3. The number of carbonyl (C=O) groups excluding carboxylic acids is 1. The second-order valence-corrected chi connectivity index (χ2v) is 11.4. The summed E-state index contributed by atoms with van der Waals surface area (Å²) in [5.41, 5.74) is 1.81. The van der Waals surface area contributed by atoms with Crippen molar-refractivity contribution >= 4 is 29.0 Å². The Labute approximate surface area is 192 Å². The van der Waals surface area contributed by atoms with Gasteiger partial charge in [-0.3, -0.25) is 4.79 Å². The van der Waals surface area contributed by atoms with E-state index in [2.05, 4.69) is 37.0 Å². The van der Waals surface area contributed by atoms with E-state index < -0.39 is 0 Å². The van der Waals surface area contributed by atoms with E-state index in [0.717, 1.165) is 35.5 Å². The molecule has 1 amide bonds. The van der Waals surface area contributed by atoms with Crippen LogP contribution in [0.2, 0.25) is 0 Å². The van der Waals surface area contributed by atoms with Gasteiger partial charge in [-0.1, -0.05) is 32.5 Å². The van der Waals surface area contributed by atoms with Crippen LogP contribution in [0.5, 0.6) is 0 Å². The van der Waals surface area contributed by atoms with Crippen molar-refractivity contribution in [1.29, 1.82) is 0 Å². The summed E-state index contributed by atoms with van der Waals surface area (Å²) in [5, 5.41) is 9.55. The molecule has 0 saturated carbocycles. The lowest BCUT2D eigenvalue weighted by Crippen LogP contribution is -2.27. The number of rotatable bonds is 6. The van der Waals surface area contributed by atoms with E-state index in [4.69, 9.17) is 4.42 Å². The second-order valence-electron chi connectivity index (χ2n) is 9.35. The molecule has 166 valence electrons. The van der Waals surface area contributed by atoms with E-state index >= 15 is 0 Å². The molecular weight excluding hydrogens is 428 g/mol. The van der Waals surface area contributed by atoms with E-state index in [1.165, 1.54) is 33.5 Å². The molecule has 0 spiro atoms. The van der Waals surface area contributed by atoms with Crippen molar-refractivity contribution in [3.05, 3.63) is 40.7 Å². The summed E-state index contributed by atoms with van der Waals surface area (Å²) in [6.07, 6.45) is 5.17. The minimum atomic E-state index is 0.0331. The first-order valence-electron chi connectivity index (χ1n) is 10.6. The third kappa shape index (κ3) is 4.90. The summed E-state index contributed by atoms with van der Waals surface area (Å²) >= 11 is 3.26. The maximum absolute atomic E-state index is 12.5. The van der Waals surface area contributed by atoms with Crippen LogP contribution < -0.4 is 0 Å². The number of hydrogen-bond donors (Lipinski definition) is 0. The molecule has 6 nitrogen and oxygen atoms in total. The van der Waals surface area contributed by atoms with Crippen LogP contribution >= 0.6 is 23.1 Å². The number of thioether (sulfide) groups is 1. The normalized spacial score (nSPS) is 16.4. The molecule has 1 aliphatic rings. The van der Waals surface area contributed by atoms with E-state index in [9.17, 15) is 4.79 Å². The molecule has 3 heterocycles. The van der Waals surface area contributed by atoms with Crippen LogP contribution in [0, 0.1) is 11.3 Å². The number of thiophene rings is 1. The molecule has 0 fully saturated rings. The van der Waals surface area contributed by atoms with Crippen LogP contribution in [-0.2, 0) is 31.2 Å². The van der Waals surface area contributed by atoms with Crippen LogP contribution in [0.3, 0.4) is 0 Å². The Morgan fingerprint density at radius 2 is 2.19 bits per heavy atom. The minimum absolute atomic E-state index is 0.0331. The zero-order chi connectivity index (χ0) is 22.2.